The first-order valence-electron chi connectivity index (χ1n) is 3.44. The summed E-state index contributed by atoms with van der Waals surface area (Å²) in [5.74, 6) is 0. The number of hydrogen-bond donors (Lipinski definition) is 0. The zero-order valence-electron chi connectivity index (χ0n) is 5.85. The monoisotopic (exact) mass is 320 g/mol. The molecule has 10 heavy (non-hydrogen) atoms. The number of hydrogen-bond acceptors (Lipinski definition) is 0. The Morgan fingerprint density at radius 1 is 0.900 bits per heavy atom. The molecular formula is C8H12FIr. The molecule has 0 fully saturated rings. The van der Waals surface area contributed by atoms with E-state index in [1.807, 2.05) is 0 Å². The average molecular weight is 319 g/mol. The Morgan fingerprint density at radius 3 is 1.70 bits per heavy atom. The van der Waals surface area contributed by atoms with Crippen LogP contribution < -0.4 is 0 Å². The van der Waals surface area contributed by atoms with Gasteiger partial charge in [-0.1, -0.05) is 24.3 Å². The molecule has 0 nitrogen and oxygen atoms in total. The molecule has 0 heterocycles. The van der Waals surface area contributed by atoms with Gasteiger partial charge in [0.25, 0.3) is 0 Å². The SMILES string of the molecule is C1=C\CCCC\C=C/1.[F][Ir]. The van der Waals surface area contributed by atoms with Gasteiger partial charge in [0, 0.05) is 0 Å². The summed E-state index contributed by atoms with van der Waals surface area (Å²) in [6, 6.07) is 0. The molecule has 0 radical (unpaired) electrons. The zero-order valence-corrected chi connectivity index (χ0v) is 8.24. The van der Waals surface area contributed by atoms with Gasteiger partial charge in [-0.2, -0.15) is 0 Å². The van der Waals surface area contributed by atoms with E-state index < -0.39 is 0 Å². The van der Waals surface area contributed by atoms with E-state index in [-0.39, 0.29) is 0 Å². The van der Waals surface area contributed by atoms with Crippen LogP contribution in [0.1, 0.15) is 25.7 Å². The van der Waals surface area contributed by atoms with Gasteiger partial charge in [0.2, 0.25) is 0 Å². The summed E-state index contributed by atoms with van der Waals surface area (Å²) < 4.78 is 9.50. The van der Waals surface area contributed by atoms with Crippen molar-refractivity contribution in [2.45, 2.75) is 25.7 Å². The molecule has 0 bridgehead atoms. The molecule has 60 valence electrons. The number of halogens is 1. The molecule has 1 aliphatic carbocycles. The summed E-state index contributed by atoms with van der Waals surface area (Å²) in [5.41, 5.74) is 0. The molecule has 0 spiro atoms. The predicted octanol–water partition coefficient (Wildman–Crippen LogP) is 3.09. The van der Waals surface area contributed by atoms with Gasteiger partial charge in [0.1, 0.15) is 0 Å². The van der Waals surface area contributed by atoms with Crippen LogP contribution in [0.15, 0.2) is 24.3 Å². The first-order chi connectivity index (χ1) is 5.00. The van der Waals surface area contributed by atoms with Gasteiger partial charge < -0.3 is 0 Å². The standard InChI is InChI=1S/C8H12.FH.Ir/c1-2-4-6-8-7-5-3-1;;/h1-4H,5-8H2;1H;/q;;+1/p-1/b3-1-,4-2-;;. The maximum atomic E-state index is 9.50. The molecule has 0 unspecified atom stereocenters. The van der Waals surface area contributed by atoms with E-state index in [0.717, 1.165) is 0 Å². The van der Waals surface area contributed by atoms with Crippen molar-refractivity contribution >= 4 is 0 Å². The molecule has 0 N–H and O–H groups in total. The Hall–Kier alpha value is 0.0594. The van der Waals surface area contributed by atoms with E-state index in [2.05, 4.69) is 24.3 Å². The second-order valence-electron chi connectivity index (χ2n) is 2.14. The molecular weight excluding hydrogens is 307 g/mol. The Morgan fingerprint density at radius 2 is 1.30 bits per heavy atom. The summed E-state index contributed by atoms with van der Waals surface area (Å²) in [4.78, 5) is 0. The van der Waals surface area contributed by atoms with Crippen molar-refractivity contribution in [3.63, 3.8) is 0 Å². The average Bonchev–Trinajstić information content (AvgIpc) is 1.90. The Kier molecular flexibility index (Phi) is 9.11. The summed E-state index contributed by atoms with van der Waals surface area (Å²) in [7, 11) is 0. The van der Waals surface area contributed by atoms with Crippen molar-refractivity contribution < 1.29 is 22.7 Å². The fourth-order valence-electron chi connectivity index (χ4n) is 0.874. The van der Waals surface area contributed by atoms with Crippen molar-refractivity contribution in [1.29, 1.82) is 0 Å². The number of allylic oxidation sites excluding steroid dienone is 4. The van der Waals surface area contributed by atoms with Crippen LogP contribution in [-0.4, -0.2) is 0 Å². The number of rotatable bonds is 0. The molecule has 0 aromatic carbocycles. The molecule has 0 saturated carbocycles. The molecule has 0 aromatic rings. The topological polar surface area (TPSA) is 0 Å². The molecule has 0 aliphatic heterocycles. The molecule has 0 amide bonds. The predicted molar refractivity (Wildman–Crippen MR) is 37.9 cm³/mol. The van der Waals surface area contributed by atoms with Crippen LogP contribution in [0.3, 0.4) is 0 Å². The summed E-state index contributed by atoms with van der Waals surface area (Å²) >= 11 is 0.500. The van der Waals surface area contributed by atoms with Gasteiger partial charge in [0.15, 0.2) is 0 Å². The minimum atomic E-state index is 0.500. The first-order valence-corrected chi connectivity index (χ1v) is 4.35. The third kappa shape index (κ3) is 6.18. The van der Waals surface area contributed by atoms with Gasteiger partial charge in [-0.05, 0) is 25.7 Å². The van der Waals surface area contributed by atoms with Crippen LogP contribution in [0.25, 0.3) is 0 Å². The maximum absolute atomic E-state index is 9.50. The van der Waals surface area contributed by atoms with Crippen molar-refractivity contribution in [3.8, 4) is 0 Å². The van der Waals surface area contributed by atoms with Crippen LogP contribution in [0.2, 0.25) is 0 Å². The van der Waals surface area contributed by atoms with Gasteiger partial charge in [0.05, 0.1) is 0 Å². The van der Waals surface area contributed by atoms with Gasteiger partial charge in [-0.25, -0.2) is 0 Å². The molecule has 1 rings (SSSR count). The Labute approximate surface area is 73.0 Å². The summed E-state index contributed by atoms with van der Waals surface area (Å²) in [6.07, 6.45) is 14.0. The zero-order chi connectivity index (χ0) is 7.66. The minimum absolute atomic E-state index is 0.500. The van der Waals surface area contributed by atoms with Crippen LogP contribution in [0, 0.1) is 0 Å². The normalized spacial score (nSPS) is 23.1. The molecule has 0 atom stereocenters. The van der Waals surface area contributed by atoms with Gasteiger partial charge >= 0.3 is 22.7 Å². The molecule has 0 saturated heterocycles. The van der Waals surface area contributed by atoms with E-state index in [0.29, 0.717) is 19.4 Å². The Balaban J connectivity index is 0.000000371. The quantitative estimate of drug-likeness (QED) is 0.644. The van der Waals surface area contributed by atoms with Crippen molar-refractivity contribution in [1.82, 2.24) is 0 Å². The van der Waals surface area contributed by atoms with Crippen LogP contribution in [-0.2, 0) is 19.4 Å². The van der Waals surface area contributed by atoms with Crippen molar-refractivity contribution in [2.75, 3.05) is 0 Å². The van der Waals surface area contributed by atoms with Crippen LogP contribution >= 0.6 is 0 Å². The molecule has 0 aromatic heterocycles. The van der Waals surface area contributed by atoms with Crippen molar-refractivity contribution in [3.05, 3.63) is 24.3 Å². The second kappa shape index (κ2) is 9.06. The third-order valence-corrected chi connectivity index (χ3v) is 1.37. The van der Waals surface area contributed by atoms with Gasteiger partial charge in [-0.15, -0.1) is 0 Å². The molecule has 2 heteroatoms. The van der Waals surface area contributed by atoms with Crippen LogP contribution in [0.5, 0.6) is 0 Å². The third-order valence-electron chi connectivity index (χ3n) is 1.37. The second-order valence-corrected chi connectivity index (χ2v) is 2.14. The van der Waals surface area contributed by atoms with Crippen molar-refractivity contribution in [2.24, 2.45) is 0 Å². The van der Waals surface area contributed by atoms with E-state index in [1.165, 1.54) is 25.7 Å². The molecule has 1 aliphatic rings. The first kappa shape index (κ1) is 10.1. The van der Waals surface area contributed by atoms with E-state index >= 15 is 0 Å². The summed E-state index contributed by atoms with van der Waals surface area (Å²) in [6.45, 7) is 0. The van der Waals surface area contributed by atoms with Gasteiger partial charge in [-0.3, -0.25) is 0 Å². The van der Waals surface area contributed by atoms with E-state index in [1.54, 1.807) is 0 Å². The van der Waals surface area contributed by atoms with E-state index in [9.17, 15) is 3.25 Å². The Bertz CT molecular complexity index is 93.8. The van der Waals surface area contributed by atoms with E-state index in [4.69, 9.17) is 0 Å². The fraction of sp³-hybridized carbons (Fsp3) is 0.500. The van der Waals surface area contributed by atoms with Crippen LogP contribution in [0.4, 0.5) is 3.25 Å². The fourth-order valence-corrected chi connectivity index (χ4v) is 0.874. The summed E-state index contributed by atoms with van der Waals surface area (Å²) in [5, 5.41) is 0.